The van der Waals surface area contributed by atoms with E-state index < -0.39 is 17.7 Å². The number of amides is 1. The molecule has 1 fully saturated rings. The van der Waals surface area contributed by atoms with Crippen molar-refractivity contribution < 1.29 is 19.4 Å². The number of aliphatic hydroxyl groups is 1. The molecule has 0 aliphatic carbocycles. The maximum atomic E-state index is 13.5. The molecule has 1 saturated heterocycles. The Labute approximate surface area is 230 Å². The Hall–Kier alpha value is -4.26. The Bertz CT molecular complexity index is 1340. The van der Waals surface area contributed by atoms with Crippen LogP contribution in [0.2, 0.25) is 0 Å². The third-order valence-electron chi connectivity index (χ3n) is 7.01. The number of carbonyl (C=O) groups is 2. The lowest BCUT2D eigenvalue weighted by Gasteiger charge is -2.27. The van der Waals surface area contributed by atoms with Crippen molar-refractivity contribution in [3.63, 3.8) is 0 Å². The standard InChI is InChI=1S/C32H37N3O4/c1-6-20-39-27-11-9-10-23(21-27)30(36)28-29(22-12-14-24(15-13-22)33(4)5)35(32(38)31(28)37)26-18-16-25(17-19-26)34(7-2)8-3/h9-19,21,29,36H,6-8,20H2,1-5H3/b30-28-. The summed E-state index contributed by atoms with van der Waals surface area (Å²) in [4.78, 5) is 32.7. The molecule has 3 aromatic carbocycles. The van der Waals surface area contributed by atoms with E-state index in [0.29, 0.717) is 23.6 Å². The Balaban J connectivity index is 1.85. The third-order valence-corrected chi connectivity index (χ3v) is 7.01. The van der Waals surface area contributed by atoms with Gasteiger partial charge in [-0.2, -0.15) is 0 Å². The lowest BCUT2D eigenvalue weighted by Crippen LogP contribution is -2.29. The van der Waals surface area contributed by atoms with Gasteiger partial charge >= 0.3 is 0 Å². The van der Waals surface area contributed by atoms with Crippen LogP contribution in [0.3, 0.4) is 0 Å². The summed E-state index contributed by atoms with van der Waals surface area (Å²) in [6.07, 6.45) is 0.845. The summed E-state index contributed by atoms with van der Waals surface area (Å²) in [6.45, 7) is 8.46. The highest BCUT2D eigenvalue weighted by molar-refractivity contribution is 6.51. The van der Waals surface area contributed by atoms with Crippen molar-refractivity contribution in [3.8, 4) is 5.75 Å². The van der Waals surface area contributed by atoms with Crippen LogP contribution >= 0.6 is 0 Å². The summed E-state index contributed by atoms with van der Waals surface area (Å²) < 4.78 is 5.74. The average Bonchev–Trinajstić information content (AvgIpc) is 3.22. The van der Waals surface area contributed by atoms with Crippen molar-refractivity contribution >= 4 is 34.5 Å². The van der Waals surface area contributed by atoms with Gasteiger partial charge in [0.15, 0.2) is 0 Å². The summed E-state index contributed by atoms with van der Waals surface area (Å²) in [5, 5.41) is 11.5. The number of carbonyl (C=O) groups excluding carboxylic acids is 2. The first kappa shape index (κ1) is 27.8. The van der Waals surface area contributed by atoms with Gasteiger partial charge in [-0.15, -0.1) is 0 Å². The molecular weight excluding hydrogens is 490 g/mol. The number of nitrogens with zero attached hydrogens (tertiary/aromatic N) is 3. The smallest absolute Gasteiger partial charge is 0.300 e. The molecule has 4 rings (SSSR count). The molecule has 1 N–H and O–H groups in total. The Kier molecular flexibility index (Phi) is 8.59. The van der Waals surface area contributed by atoms with Gasteiger partial charge in [-0.05, 0) is 74.4 Å². The second-order valence-corrected chi connectivity index (χ2v) is 9.72. The average molecular weight is 528 g/mol. The zero-order valence-corrected chi connectivity index (χ0v) is 23.3. The summed E-state index contributed by atoms with van der Waals surface area (Å²) in [7, 11) is 3.90. The minimum Gasteiger partial charge on any atom is -0.507 e. The number of hydrogen-bond acceptors (Lipinski definition) is 6. The van der Waals surface area contributed by atoms with E-state index in [1.165, 1.54) is 4.90 Å². The third kappa shape index (κ3) is 5.62. The molecule has 1 aliphatic rings. The minimum atomic E-state index is -0.791. The first-order valence-corrected chi connectivity index (χ1v) is 13.5. The summed E-state index contributed by atoms with van der Waals surface area (Å²) in [6, 6.07) is 21.5. The van der Waals surface area contributed by atoms with Gasteiger partial charge < -0.3 is 19.6 Å². The number of ether oxygens (including phenoxy) is 1. The fraction of sp³-hybridized carbons (Fsp3) is 0.312. The van der Waals surface area contributed by atoms with Crippen molar-refractivity contribution in [2.24, 2.45) is 0 Å². The van der Waals surface area contributed by atoms with E-state index in [0.717, 1.165) is 36.4 Å². The highest BCUT2D eigenvalue weighted by atomic mass is 16.5. The molecule has 39 heavy (non-hydrogen) atoms. The van der Waals surface area contributed by atoms with Gasteiger partial charge in [0.25, 0.3) is 11.7 Å². The van der Waals surface area contributed by atoms with Crippen molar-refractivity contribution in [3.05, 3.63) is 89.5 Å². The maximum Gasteiger partial charge on any atom is 0.300 e. The molecule has 1 atom stereocenters. The van der Waals surface area contributed by atoms with Crippen molar-refractivity contribution in [2.75, 3.05) is 48.5 Å². The summed E-state index contributed by atoms with van der Waals surface area (Å²) in [5.41, 5.74) is 3.82. The van der Waals surface area contributed by atoms with Gasteiger partial charge in [0.1, 0.15) is 11.5 Å². The molecule has 7 heteroatoms. The number of rotatable bonds is 10. The van der Waals surface area contributed by atoms with Crippen LogP contribution in [0.4, 0.5) is 17.1 Å². The zero-order chi connectivity index (χ0) is 28.1. The van der Waals surface area contributed by atoms with Crippen molar-refractivity contribution in [1.29, 1.82) is 0 Å². The first-order valence-electron chi connectivity index (χ1n) is 13.5. The number of anilines is 3. The van der Waals surface area contributed by atoms with Crippen LogP contribution in [0.1, 0.15) is 44.4 Å². The number of Topliss-reactive ketones (excluding diaryl/α,β-unsaturated/α-hetero) is 1. The Morgan fingerprint density at radius 2 is 1.54 bits per heavy atom. The predicted molar refractivity (Wildman–Crippen MR) is 158 cm³/mol. The van der Waals surface area contributed by atoms with Crippen LogP contribution in [-0.2, 0) is 9.59 Å². The summed E-state index contributed by atoms with van der Waals surface area (Å²) >= 11 is 0. The topological polar surface area (TPSA) is 73.3 Å². The molecule has 0 aromatic heterocycles. The van der Waals surface area contributed by atoms with Gasteiger partial charge in [0.05, 0.1) is 18.2 Å². The molecular formula is C32H37N3O4. The number of hydrogen-bond donors (Lipinski definition) is 1. The lowest BCUT2D eigenvalue weighted by atomic mass is 9.94. The summed E-state index contributed by atoms with van der Waals surface area (Å²) in [5.74, 6) is -1.03. The highest BCUT2D eigenvalue weighted by Crippen LogP contribution is 2.43. The highest BCUT2D eigenvalue weighted by Gasteiger charge is 2.47. The van der Waals surface area contributed by atoms with Crippen LogP contribution in [0, 0.1) is 0 Å². The molecule has 0 radical (unpaired) electrons. The fourth-order valence-corrected chi connectivity index (χ4v) is 4.89. The van der Waals surface area contributed by atoms with Crippen LogP contribution in [-0.4, -0.2) is 50.6 Å². The number of benzene rings is 3. The van der Waals surface area contributed by atoms with E-state index in [1.54, 1.807) is 24.3 Å². The van der Waals surface area contributed by atoms with E-state index in [-0.39, 0.29) is 11.3 Å². The van der Waals surface area contributed by atoms with Gasteiger partial charge in [-0.3, -0.25) is 14.5 Å². The van der Waals surface area contributed by atoms with E-state index >= 15 is 0 Å². The molecule has 1 aliphatic heterocycles. The van der Waals surface area contributed by atoms with Crippen LogP contribution in [0.25, 0.3) is 5.76 Å². The van der Waals surface area contributed by atoms with Gasteiger partial charge in [0.2, 0.25) is 0 Å². The van der Waals surface area contributed by atoms with E-state index in [4.69, 9.17) is 4.74 Å². The number of aliphatic hydroxyl groups excluding tert-OH is 1. The second-order valence-electron chi connectivity index (χ2n) is 9.72. The maximum absolute atomic E-state index is 13.5. The second kappa shape index (κ2) is 12.1. The predicted octanol–water partition coefficient (Wildman–Crippen LogP) is 6.01. The Morgan fingerprint density at radius 3 is 2.13 bits per heavy atom. The monoisotopic (exact) mass is 527 g/mol. The quantitative estimate of drug-likeness (QED) is 0.198. The molecule has 1 heterocycles. The van der Waals surface area contributed by atoms with Gasteiger partial charge in [0, 0.05) is 49.8 Å². The molecule has 0 bridgehead atoms. The van der Waals surface area contributed by atoms with Gasteiger partial charge in [-0.25, -0.2) is 0 Å². The van der Waals surface area contributed by atoms with Crippen LogP contribution < -0.4 is 19.4 Å². The molecule has 1 amide bonds. The van der Waals surface area contributed by atoms with Crippen LogP contribution in [0.15, 0.2) is 78.4 Å². The zero-order valence-electron chi connectivity index (χ0n) is 23.3. The lowest BCUT2D eigenvalue weighted by molar-refractivity contribution is -0.132. The molecule has 204 valence electrons. The SMILES string of the molecule is CCCOc1cccc(/C(O)=C2/C(=O)C(=O)N(c3ccc(N(CC)CC)cc3)C2c2ccc(N(C)C)cc2)c1. The molecule has 7 nitrogen and oxygen atoms in total. The largest absolute Gasteiger partial charge is 0.507 e. The van der Waals surface area contributed by atoms with Gasteiger partial charge in [-0.1, -0.05) is 31.2 Å². The fourth-order valence-electron chi connectivity index (χ4n) is 4.89. The molecule has 0 saturated carbocycles. The Morgan fingerprint density at radius 1 is 0.897 bits per heavy atom. The molecule has 3 aromatic rings. The van der Waals surface area contributed by atoms with E-state index in [9.17, 15) is 14.7 Å². The molecule has 0 spiro atoms. The molecule has 1 unspecified atom stereocenters. The van der Waals surface area contributed by atoms with Crippen molar-refractivity contribution in [2.45, 2.75) is 33.2 Å². The normalized spacial score (nSPS) is 16.4. The van der Waals surface area contributed by atoms with E-state index in [1.807, 2.05) is 74.4 Å². The van der Waals surface area contributed by atoms with Crippen molar-refractivity contribution in [1.82, 2.24) is 0 Å². The van der Waals surface area contributed by atoms with E-state index in [2.05, 4.69) is 18.7 Å². The number of ketones is 1. The minimum absolute atomic E-state index is 0.0538. The van der Waals surface area contributed by atoms with Crippen LogP contribution in [0.5, 0.6) is 5.75 Å². The first-order chi connectivity index (χ1) is 18.8.